The first-order valence-electron chi connectivity index (χ1n) is 7.27. The van der Waals surface area contributed by atoms with Crippen molar-refractivity contribution in [2.24, 2.45) is 11.7 Å². The summed E-state index contributed by atoms with van der Waals surface area (Å²) >= 11 is 0. The van der Waals surface area contributed by atoms with E-state index in [1.807, 2.05) is 6.07 Å². The fourth-order valence-corrected chi connectivity index (χ4v) is 2.85. The minimum Gasteiger partial charge on any atom is -0.381 e. The Labute approximate surface area is 116 Å². The number of hydrogen-bond acceptors (Lipinski definition) is 3. The topological polar surface area (TPSA) is 38.5 Å². The molecule has 1 aliphatic rings. The normalized spacial score (nSPS) is 20.4. The monoisotopic (exact) mass is 262 g/mol. The quantitative estimate of drug-likeness (QED) is 0.885. The molecule has 0 bridgehead atoms. The lowest BCUT2D eigenvalue weighted by Crippen LogP contribution is -2.40. The van der Waals surface area contributed by atoms with Crippen molar-refractivity contribution in [2.75, 3.05) is 26.8 Å². The van der Waals surface area contributed by atoms with Gasteiger partial charge in [-0.2, -0.15) is 0 Å². The van der Waals surface area contributed by atoms with Crippen molar-refractivity contribution >= 4 is 0 Å². The molecule has 1 saturated heterocycles. The van der Waals surface area contributed by atoms with Crippen molar-refractivity contribution in [3.63, 3.8) is 0 Å². The standard InChI is InChI=1S/C16H26N2O/c1-13(16(17)14-6-4-3-5-7-14)12-18(2)15-8-10-19-11-9-15/h3-7,13,15-16H,8-12,17H2,1-2H3. The fraction of sp³-hybridized carbons (Fsp3) is 0.625. The Morgan fingerprint density at radius 2 is 1.89 bits per heavy atom. The van der Waals surface area contributed by atoms with Crippen molar-refractivity contribution in [1.29, 1.82) is 0 Å². The molecule has 1 aromatic carbocycles. The molecule has 2 N–H and O–H groups in total. The second-order valence-corrected chi connectivity index (χ2v) is 5.70. The second-order valence-electron chi connectivity index (χ2n) is 5.70. The molecule has 0 radical (unpaired) electrons. The Hall–Kier alpha value is -0.900. The van der Waals surface area contributed by atoms with Gasteiger partial charge >= 0.3 is 0 Å². The molecule has 3 nitrogen and oxygen atoms in total. The van der Waals surface area contributed by atoms with Crippen LogP contribution in [0.1, 0.15) is 31.4 Å². The fourth-order valence-electron chi connectivity index (χ4n) is 2.85. The SMILES string of the molecule is CC(CN(C)C1CCOCC1)C(N)c1ccccc1. The molecular weight excluding hydrogens is 236 g/mol. The summed E-state index contributed by atoms with van der Waals surface area (Å²) in [6.45, 7) is 5.08. The second kappa shape index (κ2) is 7.04. The molecular formula is C16H26N2O. The Balaban J connectivity index is 1.87. The van der Waals surface area contributed by atoms with Crippen LogP contribution in [0.4, 0.5) is 0 Å². The Kier molecular flexibility index (Phi) is 5.37. The molecule has 2 atom stereocenters. The van der Waals surface area contributed by atoms with Gasteiger partial charge < -0.3 is 15.4 Å². The van der Waals surface area contributed by atoms with Crippen molar-refractivity contribution in [3.8, 4) is 0 Å². The minimum absolute atomic E-state index is 0.114. The van der Waals surface area contributed by atoms with Crippen molar-refractivity contribution < 1.29 is 4.74 Å². The van der Waals surface area contributed by atoms with Gasteiger partial charge in [-0.15, -0.1) is 0 Å². The van der Waals surface area contributed by atoms with Crippen LogP contribution in [0, 0.1) is 5.92 Å². The summed E-state index contributed by atoms with van der Waals surface area (Å²) < 4.78 is 5.42. The first kappa shape index (κ1) is 14.5. The third-order valence-electron chi connectivity index (χ3n) is 4.19. The number of nitrogens with zero attached hydrogens (tertiary/aromatic N) is 1. The molecule has 0 aromatic heterocycles. The molecule has 1 aliphatic heterocycles. The summed E-state index contributed by atoms with van der Waals surface area (Å²) in [7, 11) is 2.21. The predicted molar refractivity (Wildman–Crippen MR) is 79.0 cm³/mol. The highest BCUT2D eigenvalue weighted by Crippen LogP contribution is 2.22. The third kappa shape index (κ3) is 4.03. The van der Waals surface area contributed by atoms with E-state index < -0.39 is 0 Å². The van der Waals surface area contributed by atoms with Crippen LogP contribution in [0.5, 0.6) is 0 Å². The van der Waals surface area contributed by atoms with Gasteiger partial charge in [0.15, 0.2) is 0 Å². The van der Waals surface area contributed by atoms with E-state index in [2.05, 4.69) is 43.1 Å². The van der Waals surface area contributed by atoms with Crippen LogP contribution in [0.3, 0.4) is 0 Å². The molecule has 1 fully saturated rings. The number of nitrogens with two attached hydrogens (primary N) is 1. The van der Waals surface area contributed by atoms with Crippen LogP contribution in [0.2, 0.25) is 0 Å². The summed E-state index contributed by atoms with van der Waals surface area (Å²) in [4.78, 5) is 2.45. The van der Waals surface area contributed by atoms with Crippen LogP contribution >= 0.6 is 0 Å². The maximum absolute atomic E-state index is 6.36. The number of rotatable bonds is 5. The van der Waals surface area contributed by atoms with E-state index in [9.17, 15) is 0 Å². The number of ether oxygens (including phenoxy) is 1. The van der Waals surface area contributed by atoms with Gasteiger partial charge in [-0.1, -0.05) is 37.3 Å². The lowest BCUT2D eigenvalue weighted by atomic mass is 9.94. The highest BCUT2D eigenvalue weighted by atomic mass is 16.5. The summed E-state index contributed by atoms with van der Waals surface area (Å²) in [5.74, 6) is 0.454. The van der Waals surface area contributed by atoms with Gasteiger partial charge in [0.25, 0.3) is 0 Å². The van der Waals surface area contributed by atoms with Gasteiger partial charge in [-0.25, -0.2) is 0 Å². The van der Waals surface area contributed by atoms with Crippen LogP contribution in [0.15, 0.2) is 30.3 Å². The molecule has 2 rings (SSSR count). The van der Waals surface area contributed by atoms with E-state index in [0.717, 1.165) is 32.6 Å². The molecule has 0 spiro atoms. The lowest BCUT2D eigenvalue weighted by Gasteiger charge is -2.34. The van der Waals surface area contributed by atoms with Crippen LogP contribution in [-0.4, -0.2) is 37.7 Å². The van der Waals surface area contributed by atoms with Gasteiger partial charge in [0.1, 0.15) is 0 Å². The molecule has 2 unspecified atom stereocenters. The van der Waals surface area contributed by atoms with E-state index in [-0.39, 0.29) is 6.04 Å². The highest BCUT2D eigenvalue weighted by Gasteiger charge is 2.22. The molecule has 1 aromatic rings. The molecule has 106 valence electrons. The zero-order valence-electron chi connectivity index (χ0n) is 12.1. The van der Waals surface area contributed by atoms with Crippen molar-refractivity contribution in [2.45, 2.75) is 31.8 Å². The molecule has 1 heterocycles. The van der Waals surface area contributed by atoms with Crippen molar-refractivity contribution in [1.82, 2.24) is 4.90 Å². The van der Waals surface area contributed by atoms with E-state index in [4.69, 9.17) is 10.5 Å². The van der Waals surface area contributed by atoms with Gasteiger partial charge in [0.05, 0.1) is 0 Å². The van der Waals surface area contributed by atoms with Gasteiger partial charge in [0, 0.05) is 31.8 Å². The Morgan fingerprint density at radius 3 is 2.53 bits per heavy atom. The summed E-state index contributed by atoms with van der Waals surface area (Å²) in [6, 6.07) is 11.2. The summed E-state index contributed by atoms with van der Waals surface area (Å²) in [5, 5.41) is 0. The molecule has 0 saturated carbocycles. The first-order chi connectivity index (χ1) is 9.18. The average molecular weight is 262 g/mol. The maximum atomic E-state index is 6.36. The largest absolute Gasteiger partial charge is 0.381 e. The Morgan fingerprint density at radius 1 is 1.26 bits per heavy atom. The van der Waals surface area contributed by atoms with E-state index in [0.29, 0.717) is 12.0 Å². The zero-order chi connectivity index (χ0) is 13.7. The first-order valence-corrected chi connectivity index (χ1v) is 7.27. The highest BCUT2D eigenvalue weighted by molar-refractivity contribution is 5.19. The van der Waals surface area contributed by atoms with Gasteiger partial charge in [-0.05, 0) is 31.4 Å². The van der Waals surface area contributed by atoms with Gasteiger partial charge in [-0.3, -0.25) is 0 Å². The predicted octanol–water partition coefficient (Wildman–Crippen LogP) is 2.43. The van der Waals surface area contributed by atoms with E-state index >= 15 is 0 Å². The van der Waals surface area contributed by atoms with Crippen molar-refractivity contribution in [3.05, 3.63) is 35.9 Å². The average Bonchev–Trinajstić information content (AvgIpc) is 2.48. The van der Waals surface area contributed by atoms with Crippen LogP contribution in [-0.2, 0) is 4.74 Å². The van der Waals surface area contributed by atoms with Crippen LogP contribution in [0.25, 0.3) is 0 Å². The Bertz CT molecular complexity index is 362. The van der Waals surface area contributed by atoms with E-state index in [1.54, 1.807) is 0 Å². The molecule has 3 heteroatoms. The van der Waals surface area contributed by atoms with E-state index in [1.165, 1.54) is 5.56 Å². The summed E-state index contributed by atoms with van der Waals surface area (Å²) in [5.41, 5.74) is 7.60. The third-order valence-corrected chi connectivity index (χ3v) is 4.19. The summed E-state index contributed by atoms with van der Waals surface area (Å²) in [6.07, 6.45) is 2.29. The molecule has 19 heavy (non-hydrogen) atoms. The lowest BCUT2D eigenvalue weighted by molar-refractivity contribution is 0.0378. The number of benzene rings is 1. The smallest absolute Gasteiger partial charge is 0.0480 e. The number of hydrogen-bond donors (Lipinski definition) is 1. The van der Waals surface area contributed by atoms with Crippen LogP contribution < -0.4 is 5.73 Å². The zero-order valence-corrected chi connectivity index (χ0v) is 12.1. The van der Waals surface area contributed by atoms with Gasteiger partial charge in [0.2, 0.25) is 0 Å². The minimum atomic E-state index is 0.114. The maximum Gasteiger partial charge on any atom is 0.0480 e. The molecule has 0 amide bonds. The molecule has 0 aliphatic carbocycles.